The molecular formula is C56H95N5O20. The van der Waals surface area contributed by atoms with Crippen LogP contribution >= 0.6 is 0 Å². The van der Waals surface area contributed by atoms with Crippen molar-refractivity contribution in [3.63, 3.8) is 0 Å². The number of aliphatic hydroxyl groups is 6. The molecule has 3 saturated heterocycles. The molecule has 12 N–H and O–H groups in total. The number of carbonyl (C=O) groups excluding carboxylic acids is 9. The Bertz CT molecular complexity index is 2140. The van der Waals surface area contributed by atoms with Crippen LogP contribution in [0.1, 0.15) is 135 Å². The van der Waals surface area contributed by atoms with Crippen LogP contribution in [0, 0.1) is 53.3 Å². The highest BCUT2D eigenvalue weighted by Gasteiger charge is 2.51. The molecule has 464 valence electrons. The van der Waals surface area contributed by atoms with Crippen LogP contribution in [-0.2, 0) is 62.1 Å². The van der Waals surface area contributed by atoms with Gasteiger partial charge in [0.15, 0.2) is 41.8 Å². The SMILES string of the molecule is CC(C)CC(CC(=O)[C@@H]([NH3+])C(C)O[C@H]1OC(CO)[C@H](O)[C@H](O[C@@H]2OC(CO)[C@H](O)[C@H](O)C2O)C1C)C(=O)N1CCC[C@H]1C(=O)CC(C)C(=O)N[C@@H](C)C(=O)CC(C(=O)N[C@H](C(=O)CC(C(=O)N[C@@H](C)C(=O)[O-])C(C)C)C(C)C)C(C)C. The molecule has 20 atom stereocenters. The summed E-state index contributed by atoms with van der Waals surface area (Å²) in [6.07, 6.45) is -14.4. The Morgan fingerprint density at radius 1 is 0.642 bits per heavy atom. The summed E-state index contributed by atoms with van der Waals surface area (Å²) in [6.45, 7) is 20.3. The highest BCUT2D eigenvalue weighted by molar-refractivity contribution is 5.98. The molecule has 3 fully saturated rings. The maximum absolute atomic E-state index is 14.4. The van der Waals surface area contributed by atoms with Gasteiger partial charge in [0.25, 0.3) is 0 Å². The first-order valence-electron chi connectivity index (χ1n) is 28.6. The van der Waals surface area contributed by atoms with Crippen LogP contribution in [0.25, 0.3) is 0 Å². The molecule has 3 aliphatic rings. The van der Waals surface area contributed by atoms with Crippen molar-refractivity contribution in [3.05, 3.63) is 0 Å². The fourth-order valence-corrected chi connectivity index (χ4v) is 10.5. The fourth-order valence-electron chi connectivity index (χ4n) is 10.5. The number of carboxylic acids is 1. The van der Waals surface area contributed by atoms with Crippen LogP contribution in [0.5, 0.6) is 0 Å². The highest BCUT2D eigenvalue weighted by atomic mass is 16.7. The molecule has 9 unspecified atom stereocenters. The quantitative estimate of drug-likeness (QED) is 0.0332. The van der Waals surface area contributed by atoms with E-state index >= 15 is 0 Å². The van der Waals surface area contributed by atoms with Crippen molar-refractivity contribution in [1.82, 2.24) is 20.9 Å². The van der Waals surface area contributed by atoms with Gasteiger partial charge in [-0.3, -0.25) is 38.4 Å². The van der Waals surface area contributed by atoms with Gasteiger partial charge in [0.05, 0.1) is 49.5 Å². The first-order valence-corrected chi connectivity index (χ1v) is 28.6. The minimum atomic E-state index is -1.79. The fraction of sp³-hybridized carbons (Fsp3) is 0.839. The predicted octanol–water partition coefficient (Wildman–Crippen LogP) is -2.53. The number of likely N-dealkylation sites (tertiary alicyclic amines) is 1. The average Bonchev–Trinajstić information content (AvgIpc) is 3.91. The second-order valence-corrected chi connectivity index (χ2v) is 24.1. The molecular weight excluding hydrogens is 1060 g/mol. The van der Waals surface area contributed by atoms with E-state index in [1.54, 1.807) is 55.4 Å². The maximum Gasteiger partial charge on any atom is 0.226 e. The van der Waals surface area contributed by atoms with Crippen molar-refractivity contribution < 1.29 is 104 Å². The normalized spacial score (nSPS) is 28.5. The number of amides is 4. The first-order chi connectivity index (χ1) is 37.7. The lowest BCUT2D eigenvalue weighted by Crippen LogP contribution is -2.71. The summed E-state index contributed by atoms with van der Waals surface area (Å²) in [5.74, 6) is -11.2. The van der Waals surface area contributed by atoms with Gasteiger partial charge in [0, 0.05) is 61.8 Å². The molecule has 0 radical (unpaired) electrons. The van der Waals surface area contributed by atoms with Gasteiger partial charge >= 0.3 is 0 Å². The van der Waals surface area contributed by atoms with E-state index in [1.807, 2.05) is 13.8 Å². The van der Waals surface area contributed by atoms with Crippen molar-refractivity contribution in [2.45, 2.75) is 227 Å². The second kappa shape index (κ2) is 32.0. The third-order valence-electron chi connectivity index (χ3n) is 16.0. The predicted molar refractivity (Wildman–Crippen MR) is 286 cm³/mol. The lowest BCUT2D eigenvalue weighted by atomic mass is 9.84. The van der Waals surface area contributed by atoms with Crippen molar-refractivity contribution >= 4 is 52.7 Å². The van der Waals surface area contributed by atoms with E-state index in [0.29, 0.717) is 12.8 Å². The molecule has 0 spiro atoms. The molecule has 3 heterocycles. The molecule has 25 heteroatoms. The zero-order valence-electron chi connectivity index (χ0n) is 49.5. The van der Waals surface area contributed by atoms with Crippen LogP contribution < -0.4 is 26.8 Å². The number of nitrogens with zero attached hydrogens (tertiary/aromatic N) is 1. The summed E-state index contributed by atoms with van der Waals surface area (Å²) in [4.78, 5) is 123. The summed E-state index contributed by atoms with van der Waals surface area (Å²) in [7, 11) is 0. The van der Waals surface area contributed by atoms with Gasteiger partial charge in [0.1, 0.15) is 42.7 Å². The van der Waals surface area contributed by atoms with Gasteiger partial charge in [-0.2, -0.15) is 0 Å². The molecule has 0 bridgehead atoms. The summed E-state index contributed by atoms with van der Waals surface area (Å²) in [5.41, 5.74) is 4.05. The molecule has 0 aromatic carbocycles. The zero-order valence-corrected chi connectivity index (χ0v) is 49.5. The third-order valence-corrected chi connectivity index (χ3v) is 16.0. The van der Waals surface area contributed by atoms with E-state index < -0.39 is 187 Å². The van der Waals surface area contributed by atoms with Crippen molar-refractivity contribution in [1.29, 1.82) is 0 Å². The number of Topliss-reactive ketones (excluding diaryl/α,β-unsaturated/α-hetero) is 4. The average molecular weight is 1160 g/mol. The standard InChI is InChI=1S/C56H95N5O20/c1-24(2)17-33(19-39(66)43(57)32(13)78-55-29(10)49(46(69)42(23-63)79-55)81-56-48(71)47(70)45(68)41(22-62)80-56)53(75)61-16-14-15-36(61)38(65)18-28(9)50(72)58-30(11)37(64)20-34(25(3)4)52(74)60-44(27(7)8)40(67)21-35(26(5)6)51(73)59-31(12)54(76)77/h24-36,41-49,55-56,62-63,68-71H,14-23,57H2,1-13H3,(H,58,72)(H,59,73)(H,60,74)(H,76,77)/t28?,29?,30-,31-,32?,33?,34?,35?,36-,41?,42?,43-,44-,45-,46-,47-,48?,49+,55-,56-/m0/s1. The Hall–Kier alpha value is -4.41. The molecule has 3 aliphatic heterocycles. The number of ketones is 4. The van der Waals surface area contributed by atoms with Crippen LogP contribution in [0.2, 0.25) is 0 Å². The van der Waals surface area contributed by atoms with Gasteiger partial charge in [-0.1, -0.05) is 69.2 Å². The van der Waals surface area contributed by atoms with E-state index in [2.05, 4.69) is 21.7 Å². The number of quaternary nitrogens is 1. The van der Waals surface area contributed by atoms with Crippen molar-refractivity contribution in [2.24, 2.45) is 53.3 Å². The van der Waals surface area contributed by atoms with Gasteiger partial charge in [-0.15, -0.1) is 0 Å². The van der Waals surface area contributed by atoms with Crippen LogP contribution in [0.3, 0.4) is 0 Å². The Labute approximate surface area is 475 Å². The van der Waals surface area contributed by atoms with Gasteiger partial charge in [-0.25, -0.2) is 0 Å². The molecule has 3 rings (SSSR count). The molecule has 0 aromatic heterocycles. The Morgan fingerprint density at radius 3 is 1.70 bits per heavy atom. The highest BCUT2D eigenvalue weighted by Crippen LogP contribution is 2.34. The minimum absolute atomic E-state index is 0.0513. The second-order valence-electron chi connectivity index (χ2n) is 24.1. The van der Waals surface area contributed by atoms with Gasteiger partial charge in [-0.05, 0) is 63.7 Å². The Kier molecular flexibility index (Phi) is 28.0. The number of aliphatic carboxylic acids is 1. The maximum atomic E-state index is 14.4. The molecule has 0 aliphatic carbocycles. The lowest BCUT2D eigenvalue weighted by Gasteiger charge is -2.47. The molecule has 25 nitrogen and oxygen atoms in total. The summed E-state index contributed by atoms with van der Waals surface area (Å²) in [5, 5.41) is 81.0. The number of carbonyl (C=O) groups is 9. The number of hydrogen-bond acceptors (Lipinski definition) is 20. The molecule has 0 aromatic rings. The number of hydrogen-bond donors (Lipinski definition) is 10. The zero-order chi connectivity index (χ0) is 61.7. The first kappa shape index (κ1) is 70.9. The molecule has 4 amide bonds. The monoisotopic (exact) mass is 1160 g/mol. The third kappa shape index (κ3) is 19.3. The lowest BCUT2D eigenvalue weighted by molar-refractivity contribution is -0.432. The molecule has 0 saturated carbocycles. The number of ether oxygens (including phenoxy) is 4. The number of rotatable bonds is 32. The summed E-state index contributed by atoms with van der Waals surface area (Å²) < 4.78 is 23.4. The number of nitrogens with one attached hydrogen (secondary N) is 3. The van der Waals surface area contributed by atoms with Crippen molar-refractivity contribution in [3.8, 4) is 0 Å². The van der Waals surface area contributed by atoms with E-state index in [0.717, 1.165) is 0 Å². The summed E-state index contributed by atoms with van der Waals surface area (Å²) >= 11 is 0. The summed E-state index contributed by atoms with van der Waals surface area (Å²) in [6, 6.07) is -5.36. The van der Waals surface area contributed by atoms with Crippen LogP contribution in [-0.4, -0.2) is 200 Å². The van der Waals surface area contributed by atoms with Crippen LogP contribution in [0.4, 0.5) is 0 Å². The topological polar surface area (TPSA) is 402 Å². The number of carboxylic acid groups (broad SMARTS) is 1. The van der Waals surface area contributed by atoms with Crippen molar-refractivity contribution in [2.75, 3.05) is 19.8 Å². The Morgan fingerprint density at radius 2 is 1.17 bits per heavy atom. The van der Waals surface area contributed by atoms with E-state index in [1.165, 1.54) is 25.7 Å². The Balaban J connectivity index is 1.64. The van der Waals surface area contributed by atoms with E-state index in [9.17, 15) is 78.9 Å². The molecule has 81 heavy (non-hydrogen) atoms. The van der Waals surface area contributed by atoms with E-state index in [-0.39, 0.29) is 62.2 Å². The van der Waals surface area contributed by atoms with Gasteiger partial charge in [0.2, 0.25) is 23.6 Å². The minimum Gasteiger partial charge on any atom is -0.548 e. The van der Waals surface area contributed by atoms with Gasteiger partial charge < -0.3 is 86.1 Å². The smallest absolute Gasteiger partial charge is 0.226 e. The van der Waals surface area contributed by atoms with E-state index in [4.69, 9.17) is 18.9 Å². The largest absolute Gasteiger partial charge is 0.548 e. The number of aliphatic hydroxyl groups excluding tert-OH is 6. The van der Waals surface area contributed by atoms with Crippen LogP contribution in [0.15, 0.2) is 0 Å².